The molecule has 5 heterocycles. The first-order valence-electron chi connectivity index (χ1n) is 14.3. The Kier molecular flexibility index (Phi) is 7.48. The molecule has 0 saturated heterocycles. The topological polar surface area (TPSA) is 110 Å². The van der Waals surface area contributed by atoms with Gasteiger partial charge in [-0.15, -0.1) is 10.2 Å². The smallest absolute Gasteiger partial charge is 0.410 e. The van der Waals surface area contributed by atoms with Gasteiger partial charge in [0.25, 0.3) is 5.91 Å². The van der Waals surface area contributed by atoms with Gasteiger partial charge in [-0.3, -0.25) is 9.69 Å². The Morgan fingerprint density at radius 3 is 2.63 bits per heavy atom. The average molecular weight is 561 g/mol. The molecule has 2 aliphatic rings. The van der Waals surface area contributed by atoms with Crippen molar-refractivity contribution in [2.45, 2.75) is 91.6 Å². The molecular formula is C30H40N8O3. The molecule has 2 amide bonds. The Labute approximate surface area is 241 Å². The largest absolute Gasteiger partial charge is 0.444 e. The standard InChI is InChI=1S/C30H40N8O3/c1-18(2)36(8)25-15-20-21(23(32-25)17-35(7)29(40)41-30(4,5)6)16-38(28(20)39)24-13-9-12-22(31-24)27-34-33-26-19(3)11-10-14-37(26)27/h9,12-13,15,18-19H,10-11,14,16-17H2,1-8H3. The third kappa shape index (κ3) is 5.62. The van der Waals surface area contributed by atoms with Gasteiger partial charge in [0, 0.05) is 38.2 Å². The first kappa shape index (κ1) is 28.5. The van der Waals surface area contributed by atoms with Crippen LogP contribution in [0.25, 0.3) is 11.5 Å². The van der Waals surface area contributed by atoms with Gasteiger partial charge in [-0.25, -0.2) is 14.8 Å². The van der Waals surface area contributed by atoms with Crippen molar-refractivity contribution >= 4 is 23.6 Å². The summed E-state index contributed by atoms with van der Waals surface area (Å²) in [5.41, 5.74) is 2.07. The van der Waals surface area contributed by atoms with Crippen molar-refractivity contribution in [3.63, 3.8) is 0 Å². The molecule has 0 fully saturated rings. The minimum Gasteiger partial charge on any atom is -0.444 e. The van der Waals surface area contributed by atoms with Gasteiger partial charge in [0.15, 0.2) is 5.82 Å². The van der Waals surface area contributed by atoms with Gasteiger partial charge in [-0.1, -0.05) is 13.0 Å². The van der Waals surface area contributed by atoms with Crippen molar-refractivity contribution in [1.29, 1.82) is 0 Å². The molecule has 1 unspecified atom stereocenters. The third-order valence-corrected chi connectivity index (χ3v) is 7.70. The minimum atomic E-state index is -0.620. The second kappa shape index (κ2) is 10.8. The highest BCUT2D eigenvalue weighted by molar-refractivity contribution is 6.10. The zero-order valence-corrected chi connectivity index (χ0v) is 25.3. The van der Waals surface area contributed by atoms with E-state index in [1.807, 2.05) is 57.0 Å². The molecule has 0 saturated carbocycles. The van der Waals surface area contributed by atoms with Crippen molar-refractivity contribution in [3.8, 4) is 11.5 Å². The zero-order chi connectivity index (χ0) is 29.6. The molecule has 11 nitrogen and oxygen atoms in total. The molecule has 0 aromatic carbocycles. The Balaban J connectivity index is 1.49. The number of hydrogen-bond donors (Lipinski definition) is 0. The van der Waals surface area contributed by atoms with Crippen LogP contribution >= 0.6 is 0 Å². The van der Waals surface area contributed by atoms with Gasteiger partial charge in [0.05, 0.1) is 24.3 Å². The summed E-state index contributed by atoms with van der Waals surface area (Å²) >= 11 is 0. The molecule has 0 N–H and O–H groups in total. The number of rotatable bonds is 6. The van der Waals surface area contributed by atoms with Crippen molar-refractivity contribution in [3.05, 3.63) is 46.9 Å². The predicted octanol–water partition coefficient (Wildman–Crippen LogP) is 5.00. The number of ether oxygens (including phenoxy) is 1. The Hall–Kier alpha value is -4.02. The van der Waals surface area contributed by atoms with Crippen molar-refractivity contribution in [1.82, 2.24) is 29.6 Å². The first-order chi connectivity index (χ1) is 19.3. The fraction of sp³-hybridized carbons (Fsp3) is 0.533. The Morgan fingerprint density at radius 2 is 1.93 bits per heavy atom. The predicted molar refractivity (Wildman–Crippen MR) is 157 cm³/mol. The third-order valence-electron chi connectivity index (χ3n) is 7.70. The fourth-order valence-electron chi connectivity index (χ4n) is 5.21. The lowest BCUT2D eigenvalue weighted by Gasteiger charge is -2.26. The number of carbonyl (C=O) groups excluding carboxylic acids is 2. The maximum absolute atomic E-state index is 13.9. The molecule has 0 aliphatic carbocycles. The number of fused-ring (bicyclic) bond motifs is 2. The molecule has 3 aromatic rings. The molecule has 0 bridgehead atoms. The van der Waals surface area contributed by atoms with Crippen LogP contribution in [0.5, 0.6) is 0 Å². The highest BCUT2D eigenvalue weighted by Crippen LogP contribution is 2.34. The summed E-state index contributed by atoms with van der Waals surface area (Å²) in [6.45, 7) is 13.2. The number of carbonyl (C=O) groups is 2. The van der Waals surface area contributed by atoms with Gasteiger partial charge in [0.1, 0.15) is 28.8 Å². The first-order valence-corrected chi connectivity index (χ1v) is 14.3. The number of hydrogen-bond acceptors (Lipinski definition) is 8. The molecule has 41 heavy (non-hydrogen) atoms. The van der Waals surface area contributed by atoms with E-state index in [-0.39, 0.29) is 18.5 Å². The number of pyridine rings is 2. The van der Waals surface area contributed by atoms with Crippen molar-refractivity contribution in [2.24, 2.45) is 0 Å². The Bertz CT molecular complexity index is 1470. The summed E-state index contributed by atoms with van der Waals surface area (Å²) in [5, 5.41) is 8.90. The van der Waals surface area contributed by atoms with Gasteiger partial charge < -0.3 is 19.1 Å². The normalized spacial score (nSPS) is 16.6. The lowest BCUT2D eigenvalue weighted by Crippen LogP contribution is -2.34. The SMILES string of the molecule is CC1CCCn2c(-c3cccc(N4Cc5c(cc(N(C)C(C)C)nc5CN(C)C(=O)OC(C)(C)C)C4=O)n3)nnc21. The van der Waals surface area contributed by atoms with Crippen LogP contribution in [0.1, 0.15) is 87.7 Å². The van der Waals surface area contributed by atoms with E-state index in [1.54, 1.807) is 11.9 Å². The number of aromatic nitrogens is 5. The number of nitrogens with zero attached hydrogens (tertiary/aromatic N) is 8. The molecule has 0 spiro atoms. The van der Waals surface area contributed by atoms with E-state index < -0.39 is 11.7 Å². The van der Waals surface area contributed by atoms with Crippen molar-refractivity contribution < 1.29 is 14.3 Å². The molecule has 2 aliphatic heterocycles. The van der Waals surface area contributed by atoms with E-state index in [0.717, 1.165) is 36.6 Å². The van der Waals surface area contributed by atoms with Crippen LogP contribution in [0.3, 0.4) is 0 Å². The highest BCUT2D eigenvalue weighted by atomic mass is 16.6. The maximum Gasteiger partial charge on any atom is 0.410 e. The quantitative estimate of drug-likeness (QED) is 0.414. The summed E-state index contributed by atoms with van der Waals surface area (Å²) in [7, 11) is 3.63. The summed E-state index contributed by atoms with van der Waals surface area (Å²) < 4.78 is 7.70. The molecular weight excluding hydrogens is 520 g/mol. The second-order valence-electron chi connectivity index (χ2n) is 12.3. The van der Waals surface area contributed by atoms with E-state index in [4.69, 9.17) is 14.7 Å². The van der Waals surface area contributed by atoms with Gasteiger partial charge in [-0.2, -0.15) is 0 Å². The molecule has 1 atom stereocenters. The highest BCUT2D eigenvalue weighted by Gasteiger charge is 2.34. The van der Waals surface area contributed by atoms with Crippen LogP contribution in [-0.2, 0) is 24.4 Å². The van der Waals surface area contributed by atoms with Crippen LogP contribution in [-0.4, -0.2) is 67.4 Å². The van der Waals surface area contributed by atoms with Crippen LogP contribution in [0.15, 0.2) is 24.3 Å². The molecule has 11 heteroatoms. The van der Waals surface area contributed by atoms with Crippen LogP contribution in [0, 0.1) is 0 Å². The van der Waals surface area contributed by atoms with E-state index >= 15 is 0 Å². The monoisotopic (exact) mass is 560 g/mol. The fourth-order valence-corrected chi connectivity index (χ4v) is 5.21. The Morgan fingerprint density at radius 1 is 1.17 bits per heavy atom. The second-order valence-corrected chi connectivity index (χ2v) is 12.3. The van der Waals surface area contributed by atoms with Gasteiger partial charge in [-0.05, 0) is 65.7 Å². The lowest BCUT2D eigenvalue weighted by molar-refractivity contribution is 0.0282. The molecule has 218 valence electrons. The summed E-state index contributed by atoms with van der Waals surface area (Å²) in [6, 6.07) is 7.65. The van der Waals surface area contributed by atoms with Crippen LogP contribution in [0.2, 0.25) is 0 Å². The van der Waals surface area contributed by atoms with Gasteiger partial charge in [0.2, 0.25) is 0 Å². The van der Waals surface area contributed by atoms with E-state index in [9.17, 15) is 9.59 Å². The lowest BCUT2D eigenvalue weighted by atomic mass is 10.0. The van der Waals surface area contributed by atoms with Crippen LogP contribution in [0.4, 0.5) is 16.4 Å². The summed E-state index contributed by atoms with van der Waals surface area (Å²) in [4.78, 5) is 41.6. The van der Waals surface area contributed by atoms with Gasteiger partial charge >= 0.3 is 6.09 Å². The molecule has 0 radical (unpaired) electrons. The van der Waals surface area contributed by atoms with E-state index in [0.29, 0.717) is 41.0 Å². The number of anilines is 2. The van der Waals surface area contributed by atoms with Crippen molar-refractivity contribution in [2.75, 3.05) is 23.9 Å². The number of amides is 2. The van der Waals surface area contributed by atoms with Crippen LogP contribution < -0.4 is 9.80 Å². The summed E-state index contributed by atoms with van der Waals surface area (Å²) in [6.07, 6.45) is 1.72. The molecule has 3 aromatic heterocycles. The van der Waals surface area contributed by atoms with E-state index in [2.05, 4.69) is 35.5 Å². The maximum atomic E-state index is 13.9. The summed E-state index contributed by atoms with van der Waals surface area (Å²) in [5.74, 6) is 3.12. The molecule has 5 rings (SSSR count). The van der Waals surface area contributed by atoms with E-state index in [1.165, 1.54) is 4.90 Å². The zero-order valence-electron chi connectivity index (χ0n) is 25.3. The average Bonchev–Trinajstić information content (AvgIpc) is 3.50. The minimum absolute atomic E-state index is 0.150.